The van der Waals surface area contributed by atoms with Gasteiger partial charge in [-0.1, -0.05) is 30.3 Å². The number of ether oxygens (including phenoxy) is 2. The van der Waals surface area contributed by atoms with Crippen LogP contribution in [0.15, 0.2) is 30.3 Å². The number of cyclic esters (lactones) is 1. The smallest absolute Gasteiger partial charge is 0.410 e. The average molecular weight is 338 g/mol. The largest absolute Gasteiger partial charge is 0.460 e. The maximum absolute atomic E-state index is 12.4. The van der Waals surface area contributed by atoms with E-state index in [2.05, 4.69) is 0 Å². The molecule has 1 amide bonds. The molecule has 1 aromatic carbocycles. The van der Waals surface area contributed by atoms with Gasteiger partial charge in [0.2, 0.25) is 0 Å². The first-order valence-corrected chi connectivity index (χ1v) is 8.48. The van der Waals surface area contributed by atoms with E-state index in [4.69, 9.17) is 21.1 Å². The van der Waals surface area contributed by atoms with Crippen molar-refractivity contribution < 1.29 is 19.1 Å². The number of amides is 1. The Hall–Kier alpha value is -1.75. The summed E-state index contributed by atoms with van der Waals surface area (Å²) in [5.74, 6) is 0.0942. The first kappa shape index (κ1) is 16.1. The molecule has 2 heterocycles. The van der Waals surface area contributed by atoms with Crippen molar-refractivity contribution >= 4 is 23.7 Å². The van der Waals surface area contributed by atoms with Gasteiger partial charge in [0.1, 0.15) is 12.7 Å². The summed E-state index contributed by atoms with van der Waals surface area (Å²) >= 11 is 5.73. The molecule has 2 fully saturated rings. The number of nitrogens with zero attached hydrogens (tertiary/aromatic N) is 1. The minimum atomic E-state index is -0.379. The molecule has 2 saturated heterocycles. The van der Waals surface area contributed by atoms with Crippen molar-refractivity contribution in [1.82, 2.24) is 4.90 Å². The van der Waals surface area contributed by atoms with Crippen LogP contribution in [0.5, 0.6) is 0 Å². The topological polar surface area (TPSA) is 55.8 Å². The third kappa shape index (κ3) is 3.44. The van der Waals surface area contributed by atoms with Gasteiger partial charge in [-0.05, 0) is 24.8 Å². The van der Waals surface area contributed by atoms with Gasteiger partial charge < -0.3 is 14.4 Å². The Balaban J connectivity index is 1.62. The fourth-order valence-electron chi connectivity index (χ4n) is 3.36. The van der Waals surface area contributed by atoms with Gasteiger partial charge >= 0.3 is 12.1 Å². The van der Waals surface area contributed by atoms with Gasteiger partial charge in [0.25, 0.3) is 0 Å². The third-order valence-corrected chi connectivity index (χ3v) is 4.73. The van der Waals surface area contributed by atoms with Crippen LogP contribution in [0.2, 0.25) is 0 Å². The minimum Gasteiger partial charge on any atom is -0.460 e. The monoisotopic (exact) mass is 337 g/mol. The Labute approximate surface area is 140 Å². The van der Waals surface area contributed by atoms with E-state index in [1.54, 1.807) is 4.90 Å². The summed E-state index contributed by atoms with van der Waals surface area (Å²) in [5, 5.41) is 0. The summed E-state index contributed by atoms with van der Waals surface area (Å²) in [5.41, 5.74) is 0.939. The Kier molecular flexibility index (Phi) is 5.06. The summed E-state index contributed by atoms with van der Waals surface area (Å²) in [7, 11) is 0. The van der Waals surface area contributed by atoms with E-state index >= 15 is 0 Å². The molecule has 0 N–H and O–H groups in total. The summed E-state index contributed by atoms with van der Waals surface area (Å²) in [6.45, 7) is 0.768. The van der Waals surface area contributed by atoms with Gasteiger partial charge in [0.05, 0.1) is 12.0 Å². The van der Waals surface area contributed by atoms with E-state index in [0.29, 0.717) is 25.3 Å². The highest BCUT2D eigenvalue weighted by Gasteiger charge is 2.52. The highest BCUT2D eigenvalue weighted by atomic mass is 35.5. The zero-order chi connectivity index (χ0) is 16.2. The van der Waals surface area contributed by atoms with Gasteiger partial charge in [-0.3, -0.25) is 4.79 Å². The minimum absolute atomic E-state index is 0.201. The zero-order valence-corrected chi connectivity index (χ0v) is 13.6. The highest BCUT2D eigenvalue weighted by molar-refractivity contribution is 6.17. The van der Waals surface area contributed by atoms with Crippen LogP contribution in [0.1, 0.15) is 24.8 Å². The molecule has 0 spiro atoms. The number of likely N-dealkylation sites (tertiary alicyclic amines) is 1. The molecule has 0 saturated carbocycles. The van der Waals surface area contributed by atoms with Crippen LogP contribution in [0, 0.1) is 5.92 Å². The lowest BCUT2D eigenvalue weighted by atomic mass is 9.97. The molecular weight excluding hydrogens is 318 g/mol. The number of fused-ring (bicyclic) bond motifs is 1. The molecule has 0 bridgehead atoms. The molecule has 0 aliphatic carbocycles. The quantitative estimate of drug-likeness (QED) is 0.612. The van der Waals surface area contributed by atoms with Crippen LogP contribution in [0.4, 0.5) is 4.79 Å². The molecule has 6 heteroatoms. The molecule has 124 valence electrons. The molecule has 2 aliphatic rings. The van der Waals surface area contributed by atoms with Gasteiger partial charge in [0.15, 0.2) is 0 Å². The predicted molar refractivity (Wildman–Crippen MR) is 85.1 cm³/mol. The Morgan fingerprint density at radius 3 is 2.87 bits per heavy atom. The number of halogens is 1. The standard InChI is InChI=1S/C17H20ClNO4/c18-9-4-7-14-15-13(16(20)23-14)8-10-19(15)17(21)22-11-12-5-2-1-3-6-12/h1-3,5-6,13-15H,4,7-11H2/t13-,14+,15+/m0/s1. The SMILES string of the molecule is O=C1O[C@H](CCCCl)[C@H]2[C@@H]1CCN2C(=O)OCc1ccccc1. The molecule has 3 rings (SSSR count). The average Bonchev–Trinajstić information content (AvgIpc) is 3.14. The van der Waals surface area contributed by atoms with Gasteiger partial charge in [0, 0.05) is 12.4 Å². The lowest BCUT2D eigenvalue weighted by Gasteiger charge is -2.26. The van der Waals surface area contributed by atoms with Gasteiger partial charge in [-0.15, -0.1) is 11.6 Å². The fourth-order valence-corrected chi connectivity index (χ4v) is 3.52. The number of alkyl halides is 1. The Morgan fingerprint density at radius 1 is 1.35 bits per heavy atom. The first-order chi connectivity index (χ1) is 11.2. The molecule has 5 nitrogen and oxygen atoms in total. The first-order valence-electron chi connectivity index (χ1n) is 7.94. The zero-order valence-electron chi connectivity index (χ0n) is 12.8. The molecule has 1 aromatic rings. The number of hydrogen-bond donors (Lipinski definition) is 0. The van der Waals surface area contributed by atoms with E-state index in [9.17, 15) is 9.59 Å². The normalized spacial score (nSPS) is 26.0. The van der Waals surface area contributed by atoms with Crippen molar-refractivity contribution in [2.75, 3.05) is 12.4 Å². The molecule has 0 aromatic heterocycles. The van der Waals surface area contributed by atoms with E-state index in [1.165, 1.54) is 0 Å². The summed E-state index contributed by atoms with van der Waals surface area (Å²) in [6, 6.07) is 9.33. The predicted octanol–water partition coefficient (Wildman–Crippen LogP) is 2.96. The van der Waals surface area contributed by atoms with Crippen LogP contribution < -0.4 is 0 Å². The highest BCUT2D eigenvalue weighted by Crippen LogP contribution is 2.37. The molecular formula is C17H20ClNO4. The van der Waals surface area contributed by atoms with Crippen molar-refractivity contribution in [3.63, 3.8) is 0 Å². The second-order valence-electron chi connectivity index (χ2n) is 5.93. The van der Waals surface area contributed by atoms with Crippen LogP contribution in [-0.2, 0) is 20.9 Å². The summed E-state index contributed by atoms with van der Waals surface area (Å²) in [4.78, 5) is 26.0. The maximum atomic E-state index is 12.4. The Bertz CT molecular complexity index is 565. The van der Waals surface area contributed by atoms with Crippen molar-refractivity contribution in [2.24, 2.45) is 5.92 Å². The van der Waals surface area contributed by atoms with Crippen molar-refractivity contribution in [1.29, 1.82) is 0 Å². The Morgan fingerprint density at radius 2 is 2.13 bits per heavy atom. The fraction of sp³-hybridized carbons (Fsp3) is 0.529. The van der Waals surface area contributed by atoms with Crippen LogP contribution in [-0.4, -0.2) is 41.5 Å². The number of carbonyl (C=O) groups excluding carboxylic acids is 2. The third-order valence-electron chi connectivity index (χ3n) is 4.47. The summed E-state index contributed by atoms with van der Waals surface area (Å²) in [6.07, 6.45) is 1.43. The lowest BCUT2D eigenvalue weighted by molar-refractivity contribution is -0.144. The van der Waals surface area contributed by atoms with E-state index in [0.717, 1.165) is 12.0 Å². The molecule has 3 atom stereocenters. The summed E-state index contributed by atoms with van der Waals surface area (Å²) < 4.78 is 10.8. The number of benzene rings is 1. The second kappa shape index (κ2) is 7.21. The molecule has 0 radical (unpaired) electrons. The molecule has 0 unspecified atom stereocenters. The van der Waals surface area contributed by atoms with E-state index in [1.807, 2.05) is 30.3 Å². The van der Waals surface area contributed by atoms with Gasteiger partial charge in [-0.2, -0.15) is 0 Å². The lowest BCUT2D eigenvalue weighted by Crippen LogP contribution is -2.43. The number of rotatable bonds is 5. The maximum Gasteiger partial charge on any atom is 0.410 e. The molecule has 23 heavy (non-hydrogen) atoms. The van der Waals surface area contributed by atoms with Crippen molar-refractivity contribution in [3.05, 3.63) is 35.9 Å². The van der Waals surface area contributed by atoms with Crippen molar-refractivity contribution in [2.45, 2.75) is 38.0 Å². The van der Waals surface area contributed by atoms with Crippen LogP contribution >= 0.6 is 11.6 Å². The van der Waals surface area contributed by atoms with Crippen molar-refractivity contribution in [3.8, 4) is 0 Å². The number of esters is 1. The molecule has 2 aliphatic heterocycles. The second-order valence-corrected chi connectivity index (χ2v) is 6.30. The number of hydrogen-bond acceptors (Lipinski definition) is 4. The van der Waals surface area contributed by atoms with Crippen LogP contribution in [0.25, 0.3) is 0 Å². The van der Waals surface area contributed by atoms with Gasteiger partial charge in [-0.25, -0.2) is 4.79 Å². The number of carbonyl (C=O) groups is 2. The van der Waals surface area contributed by atoms with E-state index < -0.39 is 0 Å². The van der Waals surface area contributed by atoms with Crippen LogP contribution in [0.3, 0.4) is 0 Å². The van der Waals surface area contributed by atoms with E-state index in [-0.39, 0.29) is 36.7 Å².